The van der Waals surface area contributed by atoms with Gasteiger partial charge in [0, 0.05) is 17.8 Å². The quantitative estimate of drug-likeness (QED) is 0.867. The van der Waals surface area contributed by atoms with Gasteiger partial charge in [-0.3, -0.25) is 4.98 Å². The van der Waals surface area contributed by atoms with Crippen molar-refractivity contribution in [2.75, 3.05) is 7.11 Å². The first-order chi connectivity index (χ1) is 9.39. The first-order valence-electron chi connectivity index (χ1n) is 5.62. The maximum Gasteiger partial charge on any atom is 0.573 e. The zero-order valence-electron chi connectivity index (χ0n) is 10.7. The van der Waals surface area contributed by atoms with E-state index < -0.39 is 6.36 Å². The van der Waals surface area contributed by atoms with Crippen LogP contribution in [0.15, 0.2) is 30.6 Å². The summed E-state index contributed by atoms with van der Waals surface area (Å²) in [7, 11) is 1.36. The predicted molar refractivity (Wildman–Crippen MR) is 65.4 cm³/mol. The standard InChI is InChI=1S/C13H11F3N2O2/c1-8-6-17-7-11(18-8)10-4-3-9(5-12(10)19-2)20-13(14,15)16/h3-7H,1-2H3. The molecule has 7 heteroatoms. The molecule has 1 aromatic heterocycles. The Morgan fingerprint density at radius 3 is 2.50 bits per heavy atom. The summed E-state index contributed by atoms with van der Waals surface area (Å²) < 4.78 is 45.4. The third-order valence-electron chi connectivity index (χ3n) is 2.44. The molecule has 106 valence electrons. The summed E-state index contributed by atoms with van der Waals surface area (Å²) in [4.78, 5) is 8.24. The SMILES string of the molecule is COc1cc(OC(F)(F)F)ccc1-c1cncc(C)n1. The van der Waals surface area contributed by atoms with Gasteiger partial charge in [0.05, 0.1) is 24.7 Å². The van der Waals surface area contributed by atoms with Gasteiger partial charge in [0.25, 0.3) is 0 Å². The van der Waals surface area contributed by atoms with Crippen molar-refractivity contribution in [3.05, 3.63) is 36.3 Å². The number of aryl methyl sites for hydroxylation is 1. The van der Waals surface area contributed by atoms with Crippen molar-refractivity contribution in [3.63, 3.8) is 0 Å². The summed E-state index contributed by atoms with van der Waals surface area (Å²) in [6.07, 6.45) is -1.65. The maximum atomic E-state index is 12.2. The molecule has 1 aromatic carbocycles. The van der Waals surface area contributed by atoms with Gasteiger partial charge in [0.1, 0.15) is 11.5 Å². The van der Waals surface area contributed by atoms with Crippen LogP contribution in [0.2, 0.25) is 0 Å². The molecule has 0 saturated heterocycles. The van der Waals surface area contributed by atoms with Crippen molar-refractivity contribution in [1.29, 1.82) is 0 Å². The minimum atomic E-state index is -4.74. The Labute approximate surface area is 113 Å². The summed E-state index contributed by atoms with van der Waals surface area (Å²) in [5.41, 5.74) is 1.75. The summed E-state index contributed by atoms with van der Waals surface area (Å²) in [5, 5.41) is 0. The minimum absolute atomic E-state index is 0.228. The number of methoxy groups -OCH3 is 1. The summed E-state index contributed by atoms with van der Waals surface area (Å²) in [5.74, 6) is -0.120. The van der Waals surface area contributed by atoms with Crippen molar-refractivity contribution >= 4 is 0 Å². The van der Waals surface area contributed by atoms with Crippen LogP contribution in [0, 0.1) is 6.92 Å². The number of halogens is 3. The van der Waals surface area contributed by atoms with Crippen LogP contribution >= 0.6 is 0 Å². The molecule has 0 radical (unpaired) electrons. The van der Waals surface area contributed by atoms with Gasteiger partial charge >= 0.3 is 6.36 Å². The number of benzene rings is 1. The fraction of sp³-hybridized carbons (Fsp3) is 0.231. The van der Waals surface area contributed by atoms with E-state index in [2.05, 4.69) is 14.7 Å². The van der Waals surface area contributed by atoms with E-state index >= 15 is 0 Å². The van der Waals surface area contributed by atoms with E-state index in [0.29, 0.717) is 17.0 Å². The molecule has 2 rings (SSSR count). The number of aromatic nitrogens is 2. The molecule has 1 heterocycles. The number of rotatable bonds is 3. The highest BCUT2D eigenvalue weighted by atomic mass is 19.4. The van der Waals surface area contributed by atoms with E-state index in [1.54, 1.807) is 13.1 Å². The molecular formula is C13H11F3N2O2. The third kappa shape index (κ3) is 3.37. The lowest BCUT2D eigenvalue weighted by atomic mass is 10.1. The van der Waals surface area contributed by atoms with E-state index in [9.17, 15) is 13.2 Å². The van der Waals surface area contributed by atoms with E-state index in [0.717, 1.165) is 6.07 Å². The van der Waals surface area contributed by atoms with Crippen molar-refractivity contribution < 1.29 is 22.6 Å². The van der Waals surface area contributed by atoms with E-state index in [1.165, 1.54) is 25.4 Å². The lowest BCUT2D eigenvalue weighted by Crippen LogP contribution is -2.17. The lowest BCUT2D eigenvalue weighted by molar-refractivity contribution is -0.274. The first kappa shape index (κ1) is 14.1. The molecule has 0 aliphatic heterocycles. The average molecular weight is 284 g/mol. The Morgan fingerprint density at radius 2 is 1.90 bits per heavy atom. The second kappa shape index (κ2) is 5.36. The van der Waals surface area contributed by atoms with Crippen LogP contribution in [0.1, 0.15) is 5.69 Å². The van der Waals surface area contributed by atoms with Gasteiger partial charge in [-0.1, -0.05) is 0 Å². The lowest BCUT2D eigenvalue weighted by Gasteiger charge is -2.12. The second-order valence-corrected chi connectivity index (χ2v) is 3.96. The molecular weight excluding hydrogens is 273 g/mol. The van der Waals surface area contributed by atoms with Crippen molar-refractivity contribution in [2.45, 2.75) is 13.3 Å². The molecule has 0 fully saturated rings. The van der Waals surface area contributed by atoms with E-state index in [1.807, 2.05) is 0 Å². The van der Waals surface area contributed by atoms with Gasteiger partial charge in [0.15, 0.2) is 0 Å². The molecule has 4 nitrogen and oxygen atoms in total. The Kier molecular flexibility index (Phi) is 3.78. The maximum absolute atomic E-state index is 12.2. The largest absolute Gasteiger partial charge is 0.573 e. The molecule has 0 aliphatic carbocycles. The van der Waals surface area contributed by atoms with Crippen molar-refractivity contribution in [2.24, 2.45) is 0 Å². The fourth-order valence-corrected chi connectivity index (χ4v) is 1.67. The normalized spacial score (nSPS) is 11.2. The van der Waals surface area contributed by atoms with Crippen LogP contribution in [-0.2, 0) is 0 Å². The van der Waals surface area contributed by atoms with Crippen molar-refractivity contribution in [3.8, 4) is 22.8 Å². The first-order valence-corrected chi connectivity index (χ1v) is 5.62. The summed E-state index contributed by atoms with van der Waals surface area (Å²) >= 11 is 0. The number of hydrogen-bond donors (Lipinski definition) is 0. The topological polar surface area (TPSA) is 44.2 Å². The Balaban J connectivity index is 2.40. The molecule has 0 saturated carbocycles. The van der Waals surface area contributed by atoms with Crippen LogP contribution < -0.4 is 9.47 Å². The Morgan fingerprint density at radius 1 is 1.15 bits per heavy atom. The second-order valence-electron chi connectivity index (χ2n) is 3.96. The Hall–Kier alpha value is -2.31. The number of hydrogen-bond acceptors (Lipinski definition) is 4. The number of ether oxygens (including phenoxy) is 2. The van der Waals surface area contributed by atoms with Gasteiger partial charge < -0.3 is 9.47 Å². The minimum Gasteiger partial charge on any atom is -0.496 e. The van der Waals surface area contributed by atoms with Crippen LogP contribution in [-0.4, -0.2) is 23.4 Å². The summed E-state index contributed by atoms with van der Waals surface area (Å²) in [6.45, 7) is 1.77. The number of nitrogens with zero attached hydrogens (tertiary/aromatic N) is 2. The molecule has 0 atom stereocenters. The Bertz CT molecular complexity index is 615. The van der Waals surface area contributed by atoms with Crippen LogP contribution in [0.3, 0.4) is 0 Å². The third-order valence-corrected chi connectivity index (χ3v) is 2.44. The fourth-order valence-electron chi connectivity index (χ4n) is 1.67. The highest BCUT2D eigenvalue weighted by Gasteiger charge is 2.31. The zero-order valence-corrected chi connectivity index (χ0v) is 10.7. The van der Waals surface area contributed by atoms with Crippen molar-refractivity contribution in [1.82, 2.24) is 9.97 Å². The van der Waals surface area contributed by atoms with Crippen LogP contribution in [0.4, 0.5) is 13.2 Å². The van der Waals surface area contributed by atoms with Gasteiger partial charge in [-0.2, -0.15) is 0 Å². The number of alkyl halides is 3. The van der Waals surface area contributed by atoms with Crippen LogP contribution in [0.5, 0.6) is 11.5 Å². The smallest absolute Gasteiger partial charge is 0.496 e. The molecule has 0 aliphatic rings. The molecule has 0 bridgehead atoms. The predicted octanol–water partition coefficient (Wildman–Crippen LogP) is 3.36. The zero-order chi connectivity index (χ0) is 14.8. The molecule has 0 N–H and O–H groups in total. The van der Waals surface area contributed by atoms with E-state index in [4.69, 9.17) is 4.74 Å². The monoisotopic (exact) mass is 284 g/mol. The highest BCUT2D eigenvalue weighted by Crippen LogP contribution is 2.34. The van der Waals surface area contributed by atoms with Gasteiger partial charge in [0.2, 0.25) is 0 Å². The van der Waals surface area contributed by atoms with Gasteiger partial charge in [-0.25, -0.2) is 4.98 Å². The molecule has 0 spiro atoms. The van der Waals surface area contributed by atoms with Gasteiger partial charge in [-0.05, 0) is 19.1 Å². The molecule has 0 unspecified atom stereocenters. The average Bonchev–Trinajstić information content (AvgIpc) is 2.36. The summed E-state index contributed by atoms with van der Waals surface area (Å²) in [6, 6.07) is 3.81. The van der Waals surface area contributed by atoms with Gasteiger partial charge in [-0.15, -0.1) is 13.2 Å². The molecule has 2 aromatic rings. The molecule has 0 amide bonds. The highest BCUT2D eigenvalue weighted by molar-refractivity contribution is 5.68. The van der Waals surface area contributed by atoms with Crippen LogP contribution in [0.25, 0.3) is 11.3 Å². The van der Waals surface area contributed by atoms with E-state index in [-0.39, 0.29) is 11.5 Å². The molecule has 20 heavy (non-hydrogen) atoms.